The van der Waals surface area contributed by atoms with Gasteiger partial charge in [0.2, 0.25) is 0 Å². The van der Waals surface area contributed by atoms with Crippen molar-refractivity contribution in [2.75, 3.05) is 13.1 Å². The van der Waals surface area contributed by atoms with E-state index in [4.69, 9.17) is 0 Å². The molecule has 2 aliphatic carbocycles. The predicted molar refractivity (Wildman–Crippen MR) is 65.9 cm³/mol. The lowest BCUT2D eigenvalue weighted by Crippen LogP contribution is -2.30. The number of hydrogen-bond donors (Lipinski definition) is 1. The quantitative estimate of drug-likeness (QED) is 0.698. The molecule has 0 aromatic rings. The third-order valence-electron chi connectivity index (χ3n) is 4.63. The summed E-state index contributed by atoms with van der Waals surface area (Å²) in [4.78, 5) is 0. The standard InChI is InChI=1S/C14H27N/c1-2-15-10-9-12-5-3-4-6-13-7-8-14(13)11-12/h12-15H,2-11H2,1H3/t12?,13-,14?/m1/s1. The molecule has 2 aliphatic rings. The summed E-state index contributed by atoms with van der Waals surface area (Å²) in [6.45, 7) is 4.59. The molecule has 0 saturated heterocycles. The Morgan fingerprint density at radius 1 is 1.00 bits per heavy atom. The average molecular weight is 209 g/mol. The second-order valence-corrected chi connectivity index (χ2v) is 5.63. The van der Waals surface area contributed by atoms with E-state index in [-0.39, 0.29) is 0 Å². The maximum atomic E-state index is 3.48. The molecule has 2 unspecified atom stereocenters. The summed E-state index contributed by atoms with van der Waals surface area (Å²) in [6, 6.07) is 0. The molecular weight excluding hydrogens is 182 g/mol. The van der Waals surface area contributed by atoms with Gasteiger partial charge in [-0.15, -0.1) is 0 Å². The molecule has 2 rings (SSSR count). The number of hydrogen-bond acceptors (Lipinski definition) is 1. The first-order chi connectivity index (χ1) is 7.40. The molecular formula is C14H27N. The van der Waals surface area contributed by atoms with Gasteiger partial charge in [0.05, 0.1) is 0 Å². The summed E-state index contributed by atoms with van der Waals surface area (Å²) >= 11 is 0. The zero-order valence-corrected chi connectivity index (χ0v) is 10.3. The summed E-state index contributed by atoms with van der Waals surface area (Å²) in [6.07, 6.45) is 12.1. The van der Waals surface area contributed by atoms with Gasteiger partial charge in [0, 0.05) is 0 Å². The Labute approximate surface area is 95.0 Å². The van der Waals surface area contributed by atoms with Crippen LogP contribution in [0.4, 0.5) is 0 Å². The van der Waals surface area contributed by atoms with Crippen LogP contribution < -0.4 is 5.32 Å². The van der Waals surface area contributed by atoms with Gasteiger partial charge in [-0.25, -0.2) is 0 Å². The molecule has 0 heterocycles. The molecule has 0 aromatic heterocycles. The fourth-order valence-electron chi connectivity index (χ4n) is 3.46. The molecule has 2 fully saturated rings. The van der Waals surface area contributed by atoms with E-state index >= 15 is 0 Å². The fourth-order valence-corrected chi connectivity index (χ4v) is 3.46. The first-order valence-electron chi connectivity index (χ1n) is 7.11. The van der Waals surface area contributed by atoms with Crippen molar-refractivity contribution in [3.8, 4) is 0 Å². The van der Waals surface area contributed by atoms with Crippen LogP contribution in [0.15, 0.2) is 0 Å². The number of rotatable bonds is 4. The molecule has 0 bridgehead atoms. The van der Waals surface area contributed by atoms with Crippen LogP contribution in [0.3, 0.4) is 0 Å². The maximum Gasteiger partial charge on any atom is -0.00464 e. The van der Waals surface area contributed by atoms with Crippen LogP contribution in [0, 0.1) is 17.8 Å². The molecule has 3 atom stereocenters. The molecule has 0 radical (unpaired) electrons. The highest BCUT2D eigenvalue weighted by atomic mass is 14.8. The Hall–Kier alpha value is -0.0400. The van der Waals surface area contributed by atoms with Crippen LogP contribution in [0.1, 0.15) is 58.3 Å². The van der Waals surface area contributed by atoms with Gasteiger partial charge in [0.15, 0.2) is 0 Å². The molecule has 1 nitrogen and oxygen atoms in total. The molecule has 15 heavy (non-hydrogen) atoms. The van der Waals surface area contributed by atoms with Gasteiger partial charge in [-0.1, -0.05) is 32.6 Å². The van der Waals surface area contributed by atoms with Crippen molar-refractivity contribution in [3.63, 3.8) is 0 Å². The van der Waals surface area contributed by atoms with Gasteiger partial charge >= 0.3 is 0 Å². The van der Waals surface area contributed by atoms with Crippen LogP contribution in [-0.2, 0) is 0 Å². The topological polar surface area (TPSA) is 12.0 Å². The minimum absolute atomic E-state index is 1.04. The third kappa shape index (κ3) is 3.21. The van der Waals surface area contributed by atoms with Crippen molar-refractivity contribution >= 4 is 0 Å². The maximum absolute atomic E-state index is 3.48. The Balaban J connectivity index is 1.72. The van der Waals surface area contributed by atoms with Crippen molar-refractivity contribution in [2.24, 2.45) is 17.8 Å². The molecule has 0 aromatic carbocycles. The van der Waals surface area contributed by atoms with Crippen molar-refractivity contribution < 1.29 is 0 Å². The molecule has 1 heteroatoms. The molecule has 0 aliphatic heterocycles. The van der Waals surface area contributed by atoms with Crippen LogP contribution in [0.25, 0.3) is 0 Å². The highest BCUT2D eigenvalue weighted by Gasteiger charge is 2.33. The molecule has 88 valence electrons. The highest BCUT2D eigenvalue weighted by molar-refractivity contribution is 4.84. The summed E-state index contributed by atoms with van der Waals surface area (Å²) < 4.78 is 0. The normalized spacial score (nSPS) is 36.2. The Kier molecular flexibility index (Phi) is 4.49. The first-order valence-corrected chi connectivity index (χ1v) is 7.11. The molecule has 0 amide bonds. The predicted octanol–water partition coefficient (Wildman–Crippen LogP) is 3.59. The summed E-state index contributed by atoms with van der Waals surface area (Å²) in [7, 11) is 0. The number of fused-ring (bicyclic) bond motifs is 1. The zero-order chi connectivity index (χ0) is 10.5. The lowest BCUT2D eigenvalue weighted by molar-refractivity contribution is 0.108. The average Bonchev–Trinajstić information content (AvgIpc) is 2.21. The highest BCUT2D eigenvalue weighted by Crippen LogP contribution is 2.44. The zero-order valence-electron chi connectivity index (χ0n) is 10.3. The fraction of sp³-hybridized carbons (Fsp3) is 1.00. The largest absolute Gasteiger partial charge is 0.317 e. The third-order valence-corrected chi connectivity index (χ3v) is 4.63. The Morgan fingerprint density at radius 2 is 1.80 bits per heavy atom. The smallest absolute Gasteiger partial charge is 0.00464 e. The van der Waals surface area contributed by atoms with Crippen molar-refractivity contribution in [2.45, 2.75) is 58.3 Å². The van der Waals surface area contributed by atoms with E-state index in [9.17, 15) is 0 Å². The minimum Gasteiger partial charge on any atom is -0.317 e. The number of nitrogens with one attached hydrogen (secondary N) is 1. The minimum atomic E-state index is 1.04. The van der Waals surface area contributed by atoms with Gasteiger partial charge in [-0.05, 0) is 56.5 Å². The van der Waals surface area contributed by atoms with E-state index in [1.54, 1.807) is 25.7 Å². The Morgan fingerprint density at radius 3 is 2.53 bits per heavy atom. The van der Waals surface area contributed by atoms with E-state index in [2.05, 4.69) is 12.2 Å². The van der Waals surface area contributed by atoms with E-state index in [0.29, 0.717) is 0 Å². The summed E-state index contributed by atoms with van der Waals surface area (Å²) in [5.74, 6) is 3.29. The second-order valence-electron chi connectivity index (χ2n) is 5.63. The van der Waals surface area contributed by atoms with E-state index in [1.807, 2.05) is 0 Å². The second kappa shape index (κ2) is 5.89. The summed E-state index contributed by atoms with van der Waals surface area (Å²) in [5.41, 5.74) is 0. The monoisotopic (exact) mass is 209 g/mol. The van der Waals surface area contributed by atoms with Crippen LogP contribution >= 0.6 is 0 Å². The van der Waals surface area contributed by atoms with Crippen molar-refractivity contribution in [1.82, 2.24) is 5.32 Å². The molecule has 1 N–H and O–H groups in total. The first kappa shape index (κ1) is 11.4. The van der Waals surface area contributed by atoms with Crippen LogP contribution in [0.5, 0.6) is 0 Å². The molecule has 0 spiro atoms. The summed E-state index contributed by atoms with van der Waals surface area (Å²) in [5, 5.41) is 3.48. The molecule has 2 saturated carbocycles. The van der Waals surface area contributed by atoms with Gasteiger partial charge < -0.3 is 5.32 Å². The SMILES string of the molecule is CCNCCC1CCCC[C@@H]2CCC2C1. The van der Waals surface area contributed by atoms with E-state index in [1.165, 1.54) is 32.2 Å². The Bertz CT molecular complexity index is 178. The van der Waals surface area contributed by atoms with E-state index < -0.39 is 0 Å². The van der Waals surface area contributed by atoms with Gasteiger partial charge in [0.25, 0.3) is 0 Å². The lowest BCUT2D eigenvalue weighted by Gasteiger charge is -2.41. The van der Waals surface area contributed by atoms with Crippen molar-refractivity contribution in [1.29, 1.82) is 0 Å². The van der Waals surface area contributed by atoms with E-state index in [0.717, 1.165) is 24.3 Å². The van der Waals surface area contributed by atoms with Gasteiger partial charge in [0.1, 0.15) is 0 Å². The lowest BCUT2D eigenvalue weighted by atomic mass is 9.65. The van der Waals surface area contributed by atoms with Crippen LogP contribution in [-0.4, -0.2) is 13.1 Å². The van der Waals surface area contributed by atoms with Crippen molar-refractivity contribution in [3.05, 3.63) is 0 Å². The van der Waals surface area contributed by atoms with Crippen LogP contribution in [0.2, 0.25) is 0 Å². The van der Waals surface area contributed by atoms with Gasteiger partial charge in [-0.3, -0.25) is 0 Å². The van der Waals surface area contributed by atoms with Gasteiger partial charge in [-0.2, -0.15) is 0 Å².